The van der Waals surface area contributed by atoms with Gasteiger partial charge < -0.3 is 19.8 Å². The summed E-state index contributed by atoms with van der Waals surface area (Å²) >= 11 is 1.39. The van der Waals surface area contributed by atoms with Crippen molar-refractivity contribution < 1.29 is 24.5 Å². The van der Waals surface area contributed by atoms with Crippen LogP contribution in [-0.4, -0.2) is 41.8 Å². The van der Waals surface area contributed by atoms with Gasteiger partial charge >= 0.3 is 5.97 Å². The van der Waals surface area contributed by atoms with Gasteiger partial charge in [-0.2, -0.15) is 0 Å². The number of thioether (sulfide) groups is 1. The number of carboxylic acids is 1. The lowest BCUT2D eigenvalue weighted by molar-refractivity contribution is -0.136. The molecule has 0 saturated carbocycles. The van der Waals surface area contributed by atoms with Crippen LogP contribution in [-0.2, 0) is 9.59 Å². The predicted octanol–water partition coefficient (Wildman–Crippen LogP) is 2.71. The van der Waals surface area contributed by atoms with E-state index in [1.807, 2.05) is 24.3 Å². The van der Waals surface area contributed by atoms with Gasteiger partial charge in [-0.05, 0) is 29.8 Å². The van der Waals surface area contributed by atoms with E-state index < -0.39 is 23.2 Å². The zero-order valence-corrected chi connectivity index (χ0v) is 15.0. The highest BCUT2D eigenvalue weighted by molar-refractivity contribution is 7.99. The van der Waals surface area contributed by atoms with Gasteiger partial charge in [0.05, 0.1) is 24.5 Å². The molecule has 0 fully saturated rings. The lowest BCUT2D eigenvalue weighted by Crippen LogP contribution is -2.41. The summed E-state index contributed by atoms with van der Waals surface area (Å²) < 4.78 is 5.16. The monoisotopic (exact) mass is 373 g/mol. The first-order valence-corrected chi connectivity index (χ1v) is 9.00. The van der Waals surface area contributed by atoms with Crippen LogP contribution in [0.3, 0.4) is 0 Å². The van der Waals surface area contributed by atoms with E-state index in [9.17, 15) is 14.7 Å². The van der Waals surface area contributed by atoms with Gasteiger partial charge in [-0.25, -0.2) is 0 Å². The smallest absolute Gasteiger partial charge is 0.305 e. The summed E-state index contributed by atoms with van der Waals surface area (Å²) in [4.78, 5) is 26.0. The van der Waals surface area contributed by atoms with E-state index in [4.69, 9.17) is 9.84 Å². The molecule has 0 bridgehead atoms. The zero-order chi connectivity index (χ0) is 18.7. The lowest BCUT2D eigenvalue weighted by atomic mass is 10.1. The number of carbonyl (C=O) groups excluding carboxylic acids is 1. The van der Waals surface area contributed by atoms with E-state index in [1.165, 1.54) is 16.7 Å². The van der Waals surface area contributed by atoms with Crippen molar-refractivity contribution >= 4 is 29.3 Å². The van der Waals surface area contributed by atoms with Gasteiger partial charge in [-0.1, -0.05) is 24.3 Å². The van der Waals surface area contributed by atoms with E-state index in [1.54, 1.807) is 31.4 Å². The van der Waals surface area contributed by atoms with Crippen molar-refractivity contribution in [2.24, 2.45) is 0 Å². The number of rotatable bonds is 5. The number of para-hydroxylation sites is 1. The number of hydrogen-bond acceptors (Lipinski definition) is 5. The molecule has 2 aromatic rings. The summed E-state index contributed by atoms with van der Waals surface area (Å²) in [6.45, 7) is 0.0120. The molecule has 0 radical (unpaired) electrons. The maximum atomic E-state index is 12.9. The Kier molecular flexibility index (Phi) is 5.49. The Balaban J connectivity index is 1.98. The largest absolute Gasteiger partial charge is 0.497 e. The number of nitrogens with zero attached hydrogens (tertiary/aromatic N) is 1. The first-order valence-electron chi connectivity index (χ1n) is 8.12. The number of hydrogen-bond donors (Lipinski definition) is 2. The first kappa shape index (κ1) is 18.3. The van der Waals surface area contributed by atoms with Crippen LogP contribution in [0.4, 0.5) is 5.69 Å². The molecule has 1 heterocycles. The van der Waals surface area contributed by atoms with E-state index in [-0.39, 0.29) is 13.0 Å². The number of carbonyl (C=O) groups is 2. The number of fused-ring (bicyclic) bond motifs is 1. The minimum atomic E-state index is -1.28. The molecule has 26 heavy (non-hydrogen) atoms. The molecule has 3 rings (SSSR count). The molecule has 2 atom stereocenters. The van der Waals surface area contributed by atoms with Gasteiger partial charge in [-0.15, -0.1) is 11.8 Å². The maximum absolute atomic E-state index is 12.9. The number of amides is 1. The number of ether oxygens (including phenoxy) is 1. The van der Waals surface area contributed by atoms with Gasteiger partial charge in [0, 0.05) is 11.4 Å². The van der Waals surface area contributed by atoms with Crippen LogP contribution < -0.4 is 9.64 Å². The highest BCUT2D eigenvalue weighted by Gasteiger charge is 2.37. The normalized spacial score (nSPS) is 19.6. The van der Waals surface area contributed by atoms with Gasteiger partial charge in [-0.3, -0.25) is 9.59 Å². The van der Waals surface area contributed by atoms with E-state index in [2.05, 4.69) is 0 Å². The Hall–Kier alpha value is -2.51. The van der Waals surface area contributed by atoms with Crippen LogP contribution in [0.25, 0.3) is 0 Å². The van der Waals surface area contributed by atoms with E-state index in [0.717, 1.165) is 10.5 Å². The van der Waals surface area contributed by atoms with Crippen molar-refractivity contribution in [2.75, 3.05) is 18.6 Å². The van der Waals surface area contributed by atoms with Crippen molar-refractivity contribution in [1.29, 1.82) is 0 Å². The Labute approximate surface area is 155 Å². The molecule has 0 aliphatic carbocycles. The molecule has 0 aromatic heterocycles. The molecule has 2 aromatic carbocycles. The van der Waals surface area contributed by atoms with Gasteiger partial charge in [0.15, 0.2) is 0 Å². The topological polar surface area (TPSA) is 87.1 Å². The van der Waals surface area contributed by atoms with Crippen LogP contribution in [0.1, 0.15) is 17.2 Å². The molecule has 2 unspecified atom stereocenters. The molecular formula is C19H19NO5S. The highest BCUT2D eigenvalue weighted by Crippen LogP contribution is 2.45. The van der Waals surface area contributed by atoms with Crippen molar-refractivity contribution in [2.45, 2.75) is 22.7 Å². The van der Waals surface area contributed by atoms with Crippen LogP contribution in [0.5, 0.6) is 5.75 Å². The number of anilines is 1. The fourth-order valence-corrected chi connectivity index (χ4v) is 4.14. The molecule has 0 spiro atoms. The second kappa shape index (κ2) is 7.80. The van der Waals surface area contributed by atoms with Crippen molar-refractivity contribution in [3.63, 3.8) is 0 Å². The molecule has 6 nitrogen and oxygen atoms in total. The molecule has 136 valence electrons. The number of aliphatic hydroxyl groups is 1. The fraction of sp³-hybridized carbons (Fsp3) is 0.263. The van der Waals surface area contributed by atoms with Crippen LogP contribution in [0.2, 0.25) is 0 Å². The average Bonchev–Trinajstić information content (AvgIpc) is 2.76. The van der Waals surface area contributed by atoms with Gasteiger partial charge in [0.1, 0.15) is 11.9 Å². The molecule has 1 aliphatic rings. The third-order valence-corrected chi connectivity index (χ3v) is 5.59. The van der Waals surface area contributed by atoms with Gasteiger partial charge in [0.25, 0.3) is 5.91 Å². The lowest BCUT2D eigenvalue weighted by Gasteiger charge is -2.24. The van der Waals surface area contributed by atoms with Crippen molar-refractivity contribution in [3.8, 4) is 5.75 Å². The summed E-state index contributed by atoms with van der Waals surface area (Å²) in [6, 6.07) is 14.5. The Morgan fingerprint density at radius 3 is 2.54 bits per heavy atom. The number of aliphatic carboxylic acids is 1. The summed E-state index contributed by atoms with van der Waals surface area (Å²) in [5, 5.41) is 19.2. The summed E-state index contributed by atoms with van der Waals surface area (Å²) in [6.07, 6.45) is -1.47. The molecular weight excluding hydrogens is 354 g/mol. The molecule has 1 amide bonds. The quantitative estimate of drug-likeness (QED) is 0.838. The Morgan fingerprint density at radius 2 is 1.88 bits per heavy atom. The van der Waals surface area contributed by atoms with Crippen LogP contribution in [0.15, 0.2) is 53.4 Å². The zero-order valence-electron chi connectivity index (χ0n) is 14.2. The van der Waals surface area contributed by atoms with Gasteiger partial charge in [0.2, 0.25) is 0 Å². The second-order valence-corrected chi connectivity index (χ2v) is 7.04. The Morgan fingerprint density at radius 1 is 1.19 bits per heavy atom. The Bertz CT molecular complexity index is 808. The fourth-order valence-electron chi connectivity index (χ4n) is 2.87. The highest BCUT2D eigenvalue weighted by atomic mass is 32.2. The first-order chi connectivity index (χ1) is 12.5. The number of aliphatic hydroxyl groups excluding tert-OH is 1. The van der Waals surface area contributed by atoms with Crippen molar-refractivity contribution in [3.05, 3.63) is 54.1 Å². The second-order valence-electron chi connectivity index (χ2n) is 5.86. The standard InChI is InChI=1S/C19H19NO5S/c1-25-13-8-6-12(7-9-13)18-17(23)19(24)20(11-10-16(21)22)14-4-2-3-5-15(14)26-18/h2-9,17-18,23H,10-11H2,1H3,(H,21,22). The molecule has 7 heteroatoms. The number of methoxy groups -OCH3 is 1. The summed E-state index contributed by atoms with van der Waals surface area (Å²) in [5.41, 5.74) is 1.42. The molecule has 0 saturated heterocycles. The number of carboxylic acid groups (broad SMARTS) is 1. The number of benzene rings is 2. The summed E-state index contributed by atoms with van der Waals surface area (Å²) in [7, 11) is 1.57. The molecule has 1 aliphatic heterocycles. The van der Waals surface area contributed by atoms with Crippen LogP contribution in [0, 0.1) is 0 Å². The minimum Gasteiger partial charge on any atom is -0.497 e. The van der Waals surface area contributed by atoms with Crippen LogP contribution >= 0.6 is 11.8 Å². The van der Waals surface area contributed by atoms with E-state index >= 15 is 0 Å². The minimum absolute atomic E-state index is 0.0120. The summed E-state index contributed by atoms with van der Waals surface area (Å²) in [5.74, 6) is -0.797. The third-order valence-electron chi connectivity index (χ3n) is 4.21. The van der Waals surface area contributed by atoms with E-state index in [0.29, 0.717) is 11.4 Å². The predicted molar refractivity (Wildman–Crippen MR) is 98.6 cm³/mol. The maximum Gasteiger partial charge on any atom is 0.305 e. The SMILES string of the molecule is COc1ccc(C2Sc3ccccc3N(CCC(=O)O)C(=O)C2O)cc1. The molecule has 2 N–H and O–H groups in total. The average molecular weight is 373 g/mol. The third kappa shape index (κ3) is 3.68. The van der Waals surface area contributed by atoms with Crippen molar-refractivity contribution in [1.82, 2.24) is 0 Å².